The largest absolute Gasteiger partial charge is 0.402 e. The van der Waals surface area contributed by atoms with Crippen LogP contribution in [0.1, 0.15) is 5.56 Å². The van der Waals surface area contributed by atoms with Crippen LogP contribution in [0.3, 0.4) is 0 Å². The second-order valence-electron chi connectivity index (χ2n) is 3.91. The van der Waals surface area contributed by atoms with Gasteiger partial charge in [-0.2, -0.15) is 0 Å². The van der Waals surface area contributed by atoms with Gasteiger partial charge in [-0.05, 0) is 18.2 Å². The molecule has 0 aliphatic carbocycles. The molecule has 0 saturated carbocycles. The molecule has 0 amide bonds. The second-order valence-corrected chi connectivity index (χ2v) is 4.75. The molecule has 0 atom stereocenters. The van der Waals surface area contributed by atoms with Gasteiger partial charge in [0.2, 0.25) is 5.90 Å². The van der Waals surface area contributed by atoms with Crippen molar-refractivity contribution in [2.75, 3.05) is 14.1 Å². The molecule has 0 fully saturated rings. The van der Waals surface area contributed by atoms with E-state index in [2.05, 4.69) is 4.99 Å². The molecular formula is C12H10Cl2N2O2. The number of aliphatic imine (C=N–C) groups is 1. The number of carbonyl (C=O) groups is 1. The van der Waals surface area contributed by atoms with Crippen LogP contribution >= 0.6 is 23.2 Å². The average molecular weight is 285 g/mol. The molecule has 94 valence electrons. The molecule has 0 bridgehead atoms. The van der Waals surface area contributed by atoms with E-state index < -0.39 is 5.97 Å². The molecule has 1 aromatic rings. The van der Waals surface area contributed by atoms with Crippen LogP contribution in [0.2, 0.25) is 10.0 Å². The van der Waals surface area contributed by atoms with Gasteiger partial charge in [0, 0.05) is 25.3 Å². The summed E-state index contributed by atoms with van der Waals surface area (Å²) < 4.78 is 5.07. The van der Waals surface area contributed by atoms with E-state index in [0.29, 0.717) is 15.6 Å². The zero-order valence-electron chi connectivity index (χ0n) is 9.78. The molecule has 1 aromatic carbocycles. The van der Waals surface area contributed by atoms with Crippen molar-refractivity contribution in [1.29, 1.82) is 0 Å². The van der Waals surface area contributed by atoms with E-state index in [0.717, 1.165) is 0 Å². The van der Waals surface area contributed by atoms with E-state index in [4.69, 9.17) is 27.9 Å². The van der Waals surface area contributed by atoms with Crippen molar-refractivity contribution in [3.63, 3.8) is 0 Å². The third-order valence-corrected chi connectivity index (χ3v) is 2.71. The van der Waals surface area contributed by atoms with Crippen molar-refractivity contribution in [2.45, 2.75) is 0 Å². The summed E-state index contributed by atoms with van der Waals surface area (Å²) in [7, 11) is 3.59. The molecule has 6 heteroatoms. The first-order valence-corrected chi connectivity index (χ1v) is 5.87. The van der Waals surface area contributed by atoms with Crippen LogP contribution in [0.4, 0.5) is 0 Å². The SMILES string of the molecule is CN(C)/C=C1/N=C(c2ccc(Cl)cc2Cl)OC1=O. The van der Waals surface area contributed by atoms with Crippen molar-refractivity contribution in [3.8, 4) is 0 Å². The van der Waals surface area contributed by atoms with Crippen LogP contribution in [0.5, 0.6) is 0 Å². The molecule has 0 saturated heterocycles. The summed E-state index contributed by atoms with van der Waals surface area (Å²) in [5.41, 5.74) is 0.776. The monoisotopic (exact) mass is 284 g/mol. The van der Waals surface area contributed by atoms with Crippen molar-refractivity contribution < 1.29 is 9.53 Å². The molecule has 0 spiro atoms. The lowest BCUT2D eigenvalue weighted by Crippen LogP contribution is -2.08. The standard InChI is InChI=1S/C12H10Cl2N2O2/c1-16(2)6-10-12(17)18-11(15-10)8-4-3-7(13)5-9(8)14/h3-6H,1-2H3/b10-6+. The highest BCUT2D eigenvalue weighted by atomic mass is 35.5. The number of cyclic esters (lactones) is 1. The normalized spacial score (nSPS) is 16.8. The Labute approximate surface area is 114 Å². The molecule has 0 N–H and O–H groups in total. The third kappa shape index (κ3) is 2.66. The van der Waals surface area contributed by atoms with Crippen LogP contribution in [0.15, 0.2) is 35.1 Å². The summed E-state index contributed by atoms with van der Waals surface area (Å²) in [5, 5.41) is 0.901. The Morgan fingerprint density at radius 1 is 1.33 bits per heavy atom. The van der Waals surface area contributed by atoms with Crippen LogP contribution < -0.4 is 0 Å². The average Bonchev–Trinajstić information content (AvgIpc) is 2.59. The van der Waals surface area contributed by atoms with Gasteiger partial charge in [0.15, 0.2) is 5.70 Å². The minimum absolute atomic E-state index is 0.190. The minimum atomic E-state index is -0.496. The molecule has 0 radical (unpaired) electrons. The number of halogens is 2. The predicted octanol–water partition coefficient (Wildman–Crippen LogP) is 2.70. The quantitative estimate of drug-likeness (QED) is 0.619. The first-order chi connectivity index (χ1) is 8.47. The van der Waals surface area contributed by atoms with E-state index in [1.165, 1.54) is 0 Å². The topological polar surface area (TPSA) is 41.9 Å². The zero-order valence-corrected chi connectivity index (χ0v) is 11.3. The molecule has 4 nitrogen and oxygen atoms in total. The summed E-state index contributed by atoms with van der Waals surface area (Å²) in [6.45, 7) is 0. The number of hydrogen-bond acceptors (Lipinski definition) is 4. The predicted molar refractivity (Wildman–Crippen MR) is 70.9 cm³/mol. The zero-order chi connectivity index (χ0) is 13.3. The van der Waals surface area contributed by atoms with E-state index in [1.807, 2.05) is 0 Å². The first kappa shape index (κ1) is 12.9. The van der Waals surface area contributed by atoms with Gasteiger partial charge in [0.05, 0.1) is 10.6 Å². The van der Waals surface area contributed by atoms with Crippen molar-refractivity contribution in [3.05, 3.63) is 45.7 Å². The fourth-order valence-corrected chi connectivity index (χ4v) is 1.91. The van der Waals surface area contributed by atoms with E-state index >= 15 is 0 Å². The first-order valence-electron chi connectivity index (χ1n) is 5.12. The molecule has 18 heavy (non-hydrogen) atoms. The van der Waals surface area contributed by atoms with Gasteiger partial charge in [-0.15, -0.1) is 0 Å². The Morgan fingerprint density at radius 2 is 2.06 bits per heavy atom. The fraction of sp³-hybridized carbons (Fsp3) is 0.167. The number of hydrogen-bond donors (Lipinski definition) is 0. The van der Waals surface area contributed by atoms with Gasteiger partial charge < -0.3 is 9.64 Å². The van der Waals surface area contributed by atoms with Crippen molar-refractivity contribution in [2.24, 2.45) is 4.99 Å². The lowest BCUT2D eigenvalue weighted by molar-refractivity contribution is -0.130. The lowest BCUT2D eigenvalue weighted by Gasteiger charge is -2.02. The summed E-state index contributed by atoms with van der Waals surface area (Å²) in [6.07, 6.45) is 1.58. The Bertz CT molecular complexity index is 565. The Hall–Kier alpha value is -1.52. The summed E-state index contributed by atoms with van der Waals surface area (Å²) in [5.74, 6) is -0.306. The van der Waals surface area contributed by atoms with Crippen LogP contribution in [-0.4, -0.2) is 30.9 Å². The number of esters is 1. The Morgan fingerprint density at radius 3 is 2.67 bits per heavy atom. The summed E-state index contributed by atoms with van der Waals surface area (Å²) in [4.78, 5) is 17.4. The van der Waals surface area contributed by atoms with Crippen molar-refractivity contribution >= 4 is 35.1 Å². The molecular weight excluding hydrogens is 275 g/mol. The van der Waals surface area contributed by atoms with Gasteiger partial charge in [-0.25, -0.2) is 9.79 Å². The molecule has 0 aromatic heterocycles. The molecule has 1 heterocycles. The molecule has 1 aliphatic rings. The third-order valence-electron chi connectivity index (χ3n) is 2.16. The van der Waals surface area contributed by atoms with Gasteiger partial charge >= 0.3 is 5.97 Å². The van der Waals surface area contributed by atoms with E-state index in [-0.39, 0.29) is 11.6 Å². The van der Waals surface area contributed by atoms with Crippen LogP contribution in [-0.2, 0) is 9.53 Å². The maximum absolute atomic E-state index is 11.6. The number of benzene rings is 1. The second kappa shape index (κ2) is 5.00. The van der Waals surface area contributed by atoms with Crippen molar-refractivity contribution in [1.82, 2.24) is 4.90 Å². The van der Waals surface area contributed by atoms with E-state index in [9.17, 15) is 4.79 Å². The number of rotatable bonds is 2. The minimum Gasteiger partial charge on any atom is -0.402 e. The van der Waals surface area contributed by atoms with E-state index in [1.54, 1.807) is 43.4 Å². The van der Waals surface area contributed by atoms with Crippen LogP contribution in [0.25, 0.3) is 0 Å². The number of nitrogens with zero attached hydrogens (tertiary/aromatic N) is 2. The Balaban J connectivity index is 2.38. The molecule has 0 unspecified atom stereocenters. The van der Waals surface area contributed by atoms with Crippen LogP contribution in [0, 0.1) is 0 Å². The van der Waals surface area contributed by atoms with Gasteiger partial charge in [0.1, 0.15) is 0 Å². The van der Waals surface area contributed by atoms with Gasteiger partial charge in [-0.3, -0.25) is 0 Å². The smallest absolute Gasteiger partial charge is 0.365 e. The van der Waals surface area contributed by atoms with Gasteiger partial charge in [0.25, 0.3) is 0 Å². The summed E-state index contributed by atoms with van der Waals surface area (Å²) in [6, 6.07) is 4.89. The highest BCUT2D eigenvalue weighted by molar-refractivity contribution is 6.37. The molecule has 1 aliphatic heterocycles. The Kier molecular flexibility index (Phi) is 3.59. The molecule has 2 rings (SSSR count). The lowest BCUT2D eigenvalue weighted by atomic mass is 10.2. The number of carbonyl (C=O) groups excluding carboxylic acids is 1. The maximum atomic E-state index is 11.6. The maximum Gasteiger partial charge on any atom is 0.365 e. The van der Waals surface area contributed by atoms with Gasteiger partial charge in [-0.1, -0.05) is 23.2 Å². The summed E-state index contributed by atoms with van der Waals surface area (Å²) >= 11 is 11.8. The number of ether oxygens (including phenoxy) is 1. The highest BCUT2D eigenvalue weighted by Gasteiger charge is 2.25. The fourth-order valence-electron chi connectivity index (χ4n) is 1.42. The highest BCUT2D eigenvalue weighted by Crippen LogP contribution is 2.25.